The van der Waals surface area contributed by atoms with Crippen LogP contribution in [-0.4, -0.2) is 35.7 Å². The summed E-state index contributed by atoms with van der Waals surface area (Å²) in [5.41, 5.74) is 7.43. The van der Waals surface area contributed by atoms with Crippen molar-refractivity contribution in [2.45, 2.75) is 37.8 Å². The molecule has 1 aliphatic heterocycles. The Bertz CT molecular complexity index is 399. The van der Waals surface area contributed by atoms with E-state index in [0.717, 1.165) is 30.4 Å². The maximum Gasteiger partial charge on any atom is 0.0586 e. The van der Waals surface area contributed by atoms with Crippen molar-refractivity contribution in [3.05, 3.63) is 34.3 Å². The van der Waals surface area contributed by atoms with Gasteiger partial charge < -0.3 is 10.8 Å². The van der Waals surface area contributed by atoms with Crippen LogP contribution in [0.25, 0.3) is 0 Å². The predicted molar refractivity (Wildman–Crippen MR) is 82.0 cm³/mol. The zero-order valence-electron chi connectivity index (χ0n) is 11.3. The minimum atomic E-state index is 0.0683. The van der Waals surface area contributed by atoms with Gasteiger partial charge in [0.25, 0.3) is 0 Å². The van der Waals surface area contributed by atoms with E-state index in [4.69, 9.17) is 5.73 Å². The van der Waals surface area contributed by atoms with Gasteiger partial charge in [0.1, 0.15) is 0 Å². The molecule has 1 saturated heterocycles. The Labute approximate surface area is 123 Å². The standard InChI is InChI=1S/C15H23BrN2O/c16-13-5-3-4-12(10-13)15(17)7-9-18-8-2-1-6-14(18)11-19/h3-5,10,14-15,19H,1-2,6-9,11,17H2. The quantitative estimate of drug-likeness (QED) is 0.874. The highest BCUT2D eigenvalue weighted by Gasteiger charge is 2.21. The fourth-order valence-electron chi connectivity index (χ4n) is 2.77. The zero-order valence-corrected chi connectivity index (χ0v) is 12.8. The summed E-state index contributed by atoms with van der Waals surface area (Å²) in [5.74, 6) is 0. The van der Waals surface area contributed by atoms with Crippen LogP contribution in [0.4, 0.5) is 0 Å². The third kappa shape index (κ3) is 4.28. The molecule has 0 saturated carbocycles. The lowest BCUT2D eigenvalue weighted by Crippen LogP contribution is -2.42. The smallest absolute Gasteiger partial charge is 0.0586 e. The molecule has 0 amide bonds. The largest absolute Gasteiger partial charge is 0.395 e. The Kier molecular flexibility index (Phi) is 5.82. The molecule has 4 heteroatoms. The molecule has 1 aliphatic rings. The number of likely N-dealkylation sites (tertiary alicyclic amines) is 1. The second kappa shape index (κ2) is 7.39. The van der Waals surface area contributed by atoms with E-state index in [2.05, 4.69) is 33.0 Å². The molecule has 2 rings (SSSR count). The molecule has 0 radical (unpaired) electrons. The van der Waals surface area contributed by atoms with Gasteiger partial charge in [0.2, 0.25) is 0 Å². The fraction of sp³-hybridized carbons (Fsp3) is 0.600. The highest BCUT2D eigenvalue weighted by molar-refractivity contribution is 9.10. The monoisotopic (exact) mass is 326 g/mol. The van der Waals surface area contributed by atoms with Gasteiger partial charge in [0.05, 0.1) is 6.61 Å². The molecule has 19 heavy (non-hydrogen) atoms. The fourth-order valence-corrected chi connectivity index (χ4v) is 3.19. The Balaban J connectivity index is 1.87. The second-order valence-corrected chi connectivity index (χ2v) is 6.23. The molecule has 2 unspecified atom stereocenters. The summed E-state index contributed by atoms with van der Waals surface area (Å²) in [6.07, 6.45) is 4.53. The molecule has 0 spiro atoms. The predicted octanol–water partition coefficient (Wildman–Crippen LogP) is 2.69. The SMILES string of the molecule is NC(CCN1CCCCC1CO)c1cccc(Br)c1. The molecule has 1 aromatic rings. The summed E-state index contributed by atoms with van der Waals surface area (Å²) in [5, 5.41) is 9.40. The molecule has 1 aromatic carbocycles. The highest BCUT2D eigenvalue weighted by Crippen LogP contribution is 2.22. The van der Waals surface area contributed by atoms with Crippen molar-refractivity contribution in [1.29, 1.82) is 0 Å². The van der Waals surface area contributed by atoms with Gasteiger partial charge in [0, 0.05) is 23.1 Å². The highest BCUT2D eigenvalue weighted by atomic mass is 79.9. The van der Waals surface area contributed by atoms with E-state index >= 15 is 0 Å². The van der Waals surface area contributed by atoms with Crippen molar-refractivity contribution in [1.82, 2.24) is 4.90 Å². The Morgan fingerprint density at radius 2 is 2.26 bits per heavy atom. The minimum Gasteiger partial charge on any atom is -0.395 e. The summed E-state index contributed by atoms with van der Waals surface area (Å²) in [6, 6.07) is 8.61. The third-order valence-electron chi connectivity index (χ3n) is 3.96. The van der Waals surface area contributed by atoms with Crippen LogP contribution < -0.4 is 5.73 Å². The Hall–Kier alpha value is -0.420. The van der Waals surface area contributed by atoms with E-state index in [1.54, 1.807) is 0 Å². The summed E-state index contributed by atoms with van der Waals surface area (Å²) in [6.45, 7) is 2.33. The summed E-state index contributed by atoms with van der Waals surface area (Å²) in [7, 11) is 0. The van der Waals surface area contributed by atoms with Crippen LogP contribution in [0.3, 0.4) is 0 Å². The van der Waals surface area contributed by atoms with Crippen molar-refractivity contribution in [3.8, 4) is 0 Å². The summed E-state index contributed by atoms with van der Waals surface area (Å²) >= 11 is 3.48. The van der Waals surface area contributed by atoms with E-state index in [0.29, 0.717) is 6.04 Å². The molecule has 0 bridgehead atoms. The molecule has 1 heterocycles. The first kappa shape index (κ1) is 15.0. The number of aliphatic hydroxyl groups excluding tert-OH is 1. The van der Waals surface area contributed by atoms with E-state index in [1.165, 1.54) is 18.4 Å². The minimum absolute atomic E-state index is 0.0683. The van der Waals surface area contributed by atoms with E-state index in [9.17, 15) is 5.11 Å². The van der Waals surface area contributed by atoms with Gasteiger partial charge >= 0.3 is 0 Å². The van der Waals surface area contributed by atoms with Gasteiger partial charge in [0.15, 0.2) is 0 Å². The van der Waals surface area contributed by atoms with Crippen LogP contribution in [0.1, 0.15) is 37.3 Å². The lowest BCUT2D eigenvalue weighted by atomic mass is 10.0. The van der Waals surface area contributed by atoms with Crippen LogP contribution in [-0.2, 0) is 0 Å². The van der Waals surface area contributed by atoms with Crippen LogP contribution in [0.5, 0.6) is 0 Å². The molecule has 1 fully saturated rings. The Morgan fingerprint density at radius 1 is 1.42 bits per heavy atom. The van der Waals surface area contributed by atoms with Gasteiger partial charge in [-0.1, -0.05) is 34.5 Å². The maximum atomic E-state index is 9.40. The first-order valence-electron chi connectivity index (χ1n) is 7.06. The number of hydrogen-bond donors (Lipinski definition) is 2. The average molecular weight is 327 g/mol. The molecular formula is C15H23BrN2O. The van der Waals surface area contributed by atoms with Crippen molar-refractivity contribution in [3.63, 3.8) is 0 Å². The van der Waals surface area contributed by atoms with E-state index in [-0.39, 0.29) is 12.6 Å². The normalized spacial score (nSPS) is 22.4. The van der Waals surface area contributed by atoms with Crippen LogP contribution in [0.15, 0.2) is 28.7 Å². The van der Waals surface area contributed by atoms with Gasteiger partial charge in [-0.2, -0.15) is 0 Å². The first-order chi connectivity index (χ1) is 9.20. The number of halogens is 1. The van der Waals surface area contributed by atoms with Crippen LogP contribution >= 0.6 is 15.9 Å². The summed E-state index contributed by atoms with van der Waals surface area (Å²) < 4.78 is 1.08. The number of nitrogens with two attached hydrogens (primary N) is 1. The van der Waals surface area contributed by atoms with Crippen LogP contribution in [0.2, 0.25) is 0 Å². The van der Waals surface area contributed by atoms with Gasteiger partial charge in [-0.25, -0.2) is 0 Å². The molecule has 3 N–H and O–H groups in total. The van der Waals surface area contributed by atoms with E-state index < -0.39 is 0 Å². The van der Waals surface area contributed by atoms with Gasteiger partial charge in [-0.05, 0) is 43.5 Å². The number of benzene rings is 1. The van der Waals surface area contributed by atoms with Crippen molar-refractivity contribution >= 4 is 15.9 Å². The summed E-state index contributed by atoms with van der Waals surface area (Å²) in [4.78, 5) is 2.39. The number of hydrogen-bond acceptors (Lipinski definition) is 3. The van der Waals surface area contributed by atoms with Crippen molar-refractivity contribution in [2.24, 2.45) is 5.73 Å². The van der Waals surface area contributed by atoms with Gasteiger partial charge in [-0.3, -0.25) is 4.90 Å². The van der Waals surface area contributed by atoms with Gasteiger partial charge in [-0.15, -0.1) is 0 Å². The Morgan fingerprint density at radius 3 is 3.00 bits per heavy atom. The molecule has 106 valence electrons. The lowest BCUT2D eigenvalue weighted by Gasteiger charge is -2.35. The molecule has 3 nitrogen and oxygen atoms in total. The number of rotatable bonds is 5. The number of aliphatic hydroxyl groups is 1. The topological polar surface area (TPSA) is 49.5 Å². The number of nitrogens with zero attached hydrogens (tertiary/aromatic N) is 1. The maximum absolute atomic E-state index is 9.40. The lowest BCUT2D eigenvalue weighted by molar-refractivity contribution is 0.0875. The average Bonchev–Trinajstić information content (AvgIpc) is 2.45. The van der Waals surface area contributed by atoms with Crippen molar-refractivity contribution < 1.29 is 5.11 Å². The molecule has 2 atom stereocenters. The first-order valence-corrected chi connectivity index (χ1v) is 7.86. The second-order valence-electron chi connectivity index (χ2n) is 5.32. The molecule has 0 aliphatic carbocycles. The third-order valence-corrected chi connectivity index (χ3v) is 4.46. The zero-order chi connectivity index (χ0) is 13.7. The van der Waals surface area contributed by atoms with Crippen molar-refractivity contribution in [2.75, 3.05) is 19.7 Å². The number of piperidine rings is 1. The molecule has 0 aromatic heterocycles. The van der Waals surface area contributed by atoms with E-state index in [1.807, 2.05) is 12.1 Å². The van der Waals surface area contributed by atoms with Crippen LogP contribution in [0, 0.1) is 0 Å². The molecular weight excluding hydrogens is 304 g/mol.